The van der Waals surface area contributed by atoms with E-state index < -0.39 is 8.07 Å². The summed E-state index contributed by atoms with van der Waals surface area (Å²) in [6, 6.07) is 3.36. The van der Waals surface area contributed by atoms with Gasteiger partial charge in [0.2, 0.25) is 5.91 Å². The predicted molar refractivity (Wildman–Crippen MR) is 127 cm³/mol. The molecule has 172 valence electrons. The Kier molecular flexibility index (Phi) is 6.61. The van der Waals surface area contributed by atoms with Gasteiger partial charge < -0.3 is 24.1 Å². The lowest BCUT2D eigenvalue weighted by Gasteiger charge is -2.25. The Morgan fingerprint density at radius 3 is 2.91 bits per heavy atom. The fraction of sp³-hybridized carbons (Fsp3) is 0.545. The number of amides is 1. The first-order valence-corrected chi connectivity index (χ1v) is 14.9. The number of carbonyl (C=O) groups is 1. The number of imidazole rings is 1. The van der Waals surface area contributed by atoms with Crippen molar-refractivity contribution >= 4 is 30.8 Å². The Labute approximate surface area is 189 Å². The number of H-pyrrole nitrogens is 1. The van der Waals surface area contributed by atoms with Gasteiger partial charge >= 0.3 is 0 Å². The molecule has 4 rings (SSSR count). The Balaban J connectivity index is 1.39. The van der Waals surface area contributed by atoms with Gasteiger partial charge in [0.05, 0.1) is 29.9 Å². The van der Waals surface area contributed by atoms with Crippen molar-refractivity contribution in [3.8, 4) is 0 Å². The highest BCUT2D eigenvalue weighted by molar-refractivity contribution is 6.76. The lowest BCUT2D eigenvalue weighted by atomic mass is 10.2. The third-order valence-corrected chi connectivity index (χ3v) is 7.76. The first-order chi connectivity index (χ1) is 15.3. The molecular formula is C22H33N7O2Si. The zero-order valence-electron chi connectivity index (χ0n) is 19.4. The maximum absolute atomic E-state index is 12.7. The molecule has 0 radical (unpaired) electrons. The minimum atomic E-state index is -1.10. The van der Waals surface area contributed by atoms with Crippen molar-refractivity contribution in [1.82, 2.24) is 29.4 Å². The van der Waals surface area contributed by atoms with E-state index in [1.54, 1.807) is 18.9 Å². The molecule has 1 amide bonds. The van der Waals surface area contributed by atoms with Crippen molar-refractivity contribution in [2.24, 2.45) is 0 Å². The zero-order valence-corrected chi connectivity index (χ0v) is 20.4. The number of carbonyl (C=O) groups excluding carboxylic acids is 1. The van der Waals surface area contributed by atoms with Crippen LogP contribution in [-0.2, 0) is 22.7 Å². The van der Waals surface area contributed by atoms with Crippen LogP contribution < -0.4 is 4.90 Å². The van der Waals surface area contributed by atoms with Gasteiger partial charge in [-0.3, -0.25) is 4.79 Å². The van der Waals surface area contributed by atoms with Crippen molar-refractivity contribution in [2.45, 2.75) is 51.3 Å². The van der Waals surface area contributed by atoms with E-state index >= 15 is 0 Å². The SMILES string of the molecule is CN(C(=O)Cc1c[nH]cn1)[C@@H]1CCN(c2ncnc3c2ccn3COCC[Si](C)(C)C)C1. The molecule has 1 aliphatic rings. The molecule has 1 N–H and O–H groups in total. The van der Waals surface area contributed by atoms with Gasteiger partial charge in [-0.05, 0) is 18.5 Å². The van der Waals surface area contributed by atoms with Crippen molar-refractivity contribution in [3.63, 3.8) is 0 Å². The van der Waals surface area contributed by atoms with Gasteiger partial charge in [-0.1, -0.05) is 19.6 Å². The average Bonchev–Trinajstić information content (AvgIpc) is 3.50. The molecule has 1 saturated heterocycles. The van der Waals surface area contributed by atoms with Crippen molar-refractivity contribution in [2.75, 3.05) is 31.6 Å². The smallest absolute Gasteiger partial charge is 0.228 e. The highest BCUT2D eigenvalue weighted by atomic mass is 28.3. The molecule has 1 aliphatic heterocycles. The molecule has 4 heterocycles. The topological polar surface area (TPSA) is 92.2 Å². The second-order valence-corrected chi connectivity index (χ2v) is 15.3. The van der Waals surface area contributed by atoms with E-state index in [0.717, 1.165) is 54.7 Å². The summed E-state index contributed by atoms with van der Waals surface area (Å²) in [5, 5.41) is 1.02. The third-order valence-electron chi connectivity index (χ3n) is 6.05. The van der Waals surface area contributed by atoms with Crippen LogP contribution in [0.4, 0.5) is 5.82 Å². The number of likely N-dealkylation sites (N-methyl/N-ethyl adjacent to an activating group) is 1. The quantitative estimate of drug-likeness (QED) is 0.394. The number of hydrogen-bond donors (Lipinski definition) is 1. The third kappa shape index (κ3) is 5.18. The summed E-state index contributed by atoms with van der Waals surface area (Å²) in [5.41, 5.74) is 1.65. The number of hydrogen-bond acceptors (Lipinski definition) is 6. The van der Waals surface area contributed by atoms with E-state index in [1.807, 2.05) is 22.7 Å². The summed E-state index contributed by atoms with van der Waals surface area (Å²) in [7, 11) is 0.780. The van der Waals surface area contributed by atoms with Gasteiger partial charge in [0.15, 0.2) is 0 Å². The van der Waals surface area contributed by atoms with Gasteiger partial charge in [0.1, 0.15) is 24.5 Å². The second-order valence-electron chi connectivity index (χ2n) is 9.70. The highest BCUT2D eigenvalue weighted by Crippen LogP contribution is 2.28. The maximum atomic E-state index is 12.7. The monoisotopic (exact) mass is 455 g/mol. The molecule has 0 spiro atoms. The number of nitrogens with zero attached hydrogens (tertiary/aromatic N) is 6. The number of ether oxygens (including phenoxy) is 1. The van der Waals surface area contributed by atoms with E-state index in [9.17, 15) is 4.79 Å². The molecule has 3 aromatic rings. The standard InChI is InChI=1S/C22H33N7O2Si/c1-27(20(30)11-17-12-23-14-24-17)18-5-7-28(13-18)21-19-6-8-29(22(19)26-15-25-21)16-31-9-10-32(2,3)4/h6,8,12,14-15,18H,5,7,9-11,13,16H2,1-4H3,(H,23,24)/t18-/m1/s1. The number of aromatic amines is 1. The van der Waals surface area contributed by atoms with Crippen LogP contribution in [-0.4, -0.2) is 76.2 Å². The van der Waals surface area contributed by atoms with Crippen LogP contribution in [0.3, 0.4) is 0 Å². The molecule has 0 aromatic carbocycles. The van der Waals surface area contributed by atoms with Crippen LogP contribution in [0.15, 0.2) is 31.1 Å². The van der Waals surface area contributed by atoms with E-state index in [4.69, 9.17) is 4.74 Å². The molecule has 3 aromatic heterocycles. The normalized spacial score (nSPS) is 16.8. The minimum Gasteiger partial charge on any atom is -0.361 e. The van der Waals surface area contributed by atoms with Crippen molar-refractivity contribution in [1.29, 1.82) is 0 Å². The summed E-state index contributed by atoms with van der Waals surface area (Å²) >= 11 is 0. The van der Waals surface area contributed by atoms with Crippen LogP contribution in [0.1, 0.15) is 12.1 Å². The number of fused-ring (bicyclic) bond motifs is 1. The molecule has 0 saturated carbocycles. The Hall–Kier alpha value is -2.72. The Morgan fingerprint density at radius 2 is 2.16 bits per heavy atom. The molecule has 10 heteroatoms. The first-order valence-electron chi connectivity index (χ1n) is 11.2. The van der Waals surface area contributed by atoms with Crippen molar-refractivity contribution in [3.05, 3.63) is 36.8 Å². The summed E-state index contributed by atoms with van der Waals surface area (Å²) in [6.45, 7) is 9.95. The number of nitrogens with one attached hydrogen (secondary N) is 1. The van der Waals surface area contributed by atoms with E-state index in [-0.39, 0.29) is 11.9 Å². The fourth-order valence-electron chi connectivity index (χ4n) is 4.01. The number of aromatic nitrogens is 5. The molecule has 0 aliphatic carbocycles. The number of rotatable bonds is 9. The molecular weight excluding hydrogens is 422 g/mol. The maximum Gasteiger partial charge on any atom is 0.228 e. The predicted octanol–water partition coefficient (Wildman–Crippen LogP) is 2.75. The average molecular weight is 456 g/mol. The van der Waals surface area contributed by atoms with Gasteiger partial charge in [-0.2, -0.15) is 0 Å². The molecule has 32 heavy (non-hydrogen) atoms. The molecule has 0 unspecified atom stereocenters. The Morgan fingerprint density at radius 1 is 1.31 bits per heavy atom. The van der Waals surface area contributed by atoms with Crippen LogP contribution in [0, 0.1) is 0 Å². The lowest BCUT2D eigenvalue weighted by molar-refractivity contribution is -0.130. The van der Waals surface area contributed by atoms with Gasteiger partial charge in [-0.15, -0.1) is 0 Å². The van der Waals surface area contributed by atoms with Crippen LogP contribution in [0.5, 0.6) is 0 Å². The Bertz CT molecular complexity index is 1040. The summed E-state index contributed by atoms with van der Waals surface area (Å²) in [5.74, 6) is 1.00. The largest absolute Gasteiger partial charge is 0.361 e. The van der Waals surface area contributed by atoms with Gasteiger partial charge in [0.25, 0.3) is 0 Å². The second kappa shape index (κ2) is 9.41. The van der Waals surface area contributed by atoms with Gasteiger partial charge in [0, 0.05) is 47.2 Å². The summed E-state index contributed by atoms with van der Waals surface area (Å²) in [6.07, 6.45) is 8.23. The number of anilines is 1. The summed E-state index contributed by atoms with van der Waals surface area (Å²) < 4.78 is 7.96. The first kappa shape index (κ1) is 22.5. The van der Waals surface area contributed by atoms with E-state index in [0.29, 0.717) is 13.2 Å². The van der Waals surface area contributed by atoms with E-state index in [2.05, 4.69) is 50.5 Å². The fourth-order valence-corrected chi connectivity index (χ4v) is 4.77. The molecule has 9 nitrogen and oxygen atoms in total. The highest BCUT2D eigenvalue weighted by Gasteiger charge is 2.30. The van der Waals surface area contributed by atoms with E-state index in [1.165, 1.54) is 0 Å². The molecule has 1 fully saturated rings. The zero-order chi connectivity index (χ0) is 22.7. The van der Waals surface area contributed by atoms with Crippen LogP contribution in [0.2, 0.25) is 25.7 Å². The van der Waals surface area contributed by atoms with Crippen LogP contribution >= 0.6 is 0 Å². The van der Waals surface area contributed by atoms with Crippen molar-refractivity contribution < 1.29 is 9.53 Å². The summed E-state index contributed by atoms with van der Waals surface area (Å²) in [4.78, 5) is 32.9. The van der Waals surface area contributed by atoms with Crippen LogP contribution in [0.25, 0.3) is 11.0 Å². The van der Waals surface area contributed by atoms with Gasteiger partial charge in [-0.25, -0.2) is 15.0 Å². The molecule has 0 bridgehead atoms. The minimum absolute atomic E-state index is 0.0819. The lowest BCUT2D eigenvalue weighted by Crippen LogP contribution is -2.40. The molecule has 1 atom stereocenters.